The topological polar surface area (TPSA) is 45.2 Å². The van der Waals surface area contributed by atoms with Gasteiger partial charge in [0.1, 0.15) is 5.82 Å². The zero-order chi connectivity index (χ0) is 17.2. The van der Waals surface area contributed by atoms with Crippen LogP contribution in [0, 0.1) is 5.92 Å². The Bertz CT molecular complexity index is 577. The van der Waals surface area contributed by atoms with Gasteiger partial charge in [-0.1, -0.05) is 0 Å². The molecule has 0 atom stereocenters. The number of anilines is 1. The molecule has 2 heterocycles. The van der Waals surface area contributed by atoms with Gasteiger partial charge in [0.2, 0.25) is 0 Å². The predicted molar refractivity (Wildman–Crippen MR) is 85.0 cm³/mol. The van der Waals surface area contributed by atoms with Gasteiger partial charge in [0.15, 0.2) is 0 Å². The molecule has 1 saturated heterocycles. The first-order chi connectivity index (χ1) is 11.4. The molecule has 1 aliphatic heterocycles. The second-order valence-electron chi connectivity index (χ2n) is 6.63. The SMILES string of the molecule is O=C(NC1CCC(C(F)(F)F)CC1)c1cccnc1N1CCCC1. The molecule has 0 bridgehead atoms. The van der Waals surface area contributed by atoms with Crippen molar-refractivity contribution in [1.82, 2.24) is 10.3 Å². The molecule has 1 aliphatic carbocycles. The molecule has 1 aromatic heterocycles. The molecule has 3 rings (SSSR count). The molecule has 24 heavy (non-hydrogen) atoms. The molecule has 0 aromatic carbocycles. The molecule has 7 heteroatoms. The van der Waals surface area contributed by atoms with Crippen LogP contribution in [-0.2, 0) is 0 Å². The van der Waals surface area contributed by atoms with Crippen LogP contribution in [-0.4, -0.2) is 36.2 Å². The second kappa shape index (κ2) is 6.99. The van der Waals surface area contributed by atoms with Crippen molar-refractivity contribution in [2.24, 2.45) is 5.92 Å². The summed E-state index contributed by atoms with van der Waals surface area (Å²) in [6, 6.07) is 3.26. The molecule has 132 valence electrons. The van der Waals surface area contributed by atoms with Gasteiger partial charge in [0.05, 0.1) is 11.5 Å². The summed E-state index contributed by atoms with van der Waals surface area (Å²) in [5.74, 6) is -0.791. The van der Waals surface area contributed by atoms with E-state index in [-0.39, 0.29) is 24.8 Å². The lowest BCUT2D eigenvalue weighted by Gasteiger charge is -2.30. The fraction of sp³-hybridized carbons (Fsp3) is 0.647. The molecule has 2 fully saturated rings. The Morgan fingerprint density at radius 2 is 1.83 bits per heavy atom. The highest BCUT2D eigenvalue weighted by atomic mass is 19.4. The lowest BCUT2D eigenvalue weighted by molar-refractivity contribution is -0.182. The van der Waals surface area contributed by atoms with Gasteiger partial charge in [0, 0.05) is 25.3 Å². The smallest absolute Gasteiger partial charge is 0.356 e. The van der Waals surface area contributed by atoms with Gasteiger partial charge in [-0.15, -0.1) is 0 Å². The molecule has 2 aliphatic rings. The summed E-state index contributed by atoms with van der Waals surface area (Å²) in [6.07, 6.45) is 0.615. The molecule has 0 spiro atoms. The van der Waals surface area contributed by atoms with Crippen LogP contribution in [0.5, 0.6) is 0 Å². The zero-order valence-electron chi connectivity index (χ0n) is 13.5. The summed E-state index contributed by atoms with van der Waals surface area (Å²) in [4.78, 5) is 19.0. The van der Waals surface area contributed by atoms with Crippen molar-refractivity contribution in [1.29, 1.82) is 0 Å². The molecule has 1 saturated carbocycles. The molecular formula is C17H22F3N3O. The second-order valence-corrected chi connectivity index (χ2v) is 6.63. The van der Waals surface area contributed by atoms with Crippen LogP contribution in [0.1, 0.15) is 48.9 Å². The minimum atomic E-state index is -4.12. The highest BCUT2D eigenvalue weighted by molar-refractivity contribution is 5.99. The summed E-state index contributed by atoms with van der Waals surface area (Å²) >= 11 is 0. The third kappa shape index (κ3) is 3.82. The maximum Gasteiger partial charge on any atom is 0.391 e. The van der Waals surface area contributed by atoms with Crippen molar-refractivity contribution in [2.45, 2.75) is 50.7 Å². The molecule has 1 amide bonds. The fourth-order valence-corrected chi connectivity index (χ4v) is 3.58. The van der Waals surface area contributed by atoms with E-state index >= 15 is 0 Å². The van der Waals surface area contributed by atoms with Crippen LogP contribution in [0.25, 0.3) is 0 Å². The van der Waals surface area contributed by atoms with Gasteiger partial charge in [-0.3, -0.25) is 4.79 Å². The Morgan fingerprint density at radius 1 is 1.17 bits per heavy atom. The van der Waals surface area contributed by atoms with Gasteiger partial charge in [-0.05, 0) is 50.7 Å². The first kappa shape index (κ1) is 17.0. The number of carbonyl (C=O) groups is 1. The number of alkyl halides is 3. The number of halogens is 3. The van der Waals surface area contributed by atoms with E-state index in [2.05, 4.69) is 15.2 Å². The van der Waals surface area contributed by atoms with Gasteiger partial charge >= 0.3 is 6.18 Å². The highest BCUT2D eigenvalue weighted by Gasteiger charge is 2.41. The summed E-state index contributed by atoms with van der Waals surface area (Å²) in [6.45, 7) is 1.77. The van der Waals surface area contributed by atoms with Crippen LogP contribution < -0.4 is 10.2 Å². The molecule has 1 N–H and O–H groups in total. The average Bonchev–Trinajstić information content (AvgIpc) is 3.09. The molecular weight excluding hydrogens is 319 g/mol. The van der Waals surface area contributed by atoms with Crippen molar-refractivity contribution in [2.75, 3.05) is 18.0 Å². The van der Waals surface area contributed by atoms with E-state index in [1.165, 1.54) is 0 Å². The summed E-state index contributed by atoms with van der Waals surface area (Å²) in [7, 11) is 0. The minimum Gasteiger partial charge on any atom is -0.356 e. The quantitative estimate of drug-likeness (QED) is 0.915. The number of hydrogen-bond acceptors (Lipinski definition) is 3. The number of carbonyl (C=O) groups excluding carboxylic acids is 1. The standard InChI is InChI=1S/C17H22F3N3O/c18-17(19,20)12-5-7-13(8-6-12)22-16(24)14-4-3-9-21-15(14)23-10-1-2-11-23/h3-4,9,12-13H,1-2,5-8,10-11H2,(H,22,24). The fourth-order valence-electron chi connectivity index (χ4n) is 3.58. The number of aromatic nitrogens is 1. The maximum absolute atomic E-state index is 12.7. The van der Waals surface area contributed by atoms with Crippen LogP contribution >= 0.6 is 0 Å². The number of amides is 1. The molecule has 4 nitrogen and oxygen atoms in total. The Labute approximate surface area is 139 Å². The van der Waals surface area contributed by atoms with Crippen LogP contribution in [0.3, 0.4) is 0 Å². The lowest BCUT2D eigenvalue weighted by Crippen LogP contribution is -2.40. The van der Waals surface area contributed by atoms with E-state index in [0.717, 1.165) is 25.9 Å². The number of nitrogens with zero attached hydrogens (tertiary/aromatic N) is 2. The lowest BCUT2D eigenvalue weighted by atomic mass is 9.85. The van der Waals surface area contributed by atoms with E-state index in [9.17, 15) is 18.0 Å². The van der Waals surface area contributed by atoms with Crippen molar-refractivity contribution in [3.8, 4) is 0 Å². The molecule has 0 unspecified atom stereocenters. The third-order valence-electron chi connectivity index (χ3n) is 4.96. The predicted octanol–water partition coefficient (Wildman–Crippen LogP) is 3.53. The third-order valence-corrected chi connectivity index (χ3v) is 4.96. The van der Waals surface area contributed by atoms with Crippen LogP contribution in [0.2, 0.25) is 0 Å². The maximum atomic E-state index is 12.7. The van der Waals surface area contributed by atoms with E-state index in [1.807, 2.05) is 0 Å². The van der Waals surface area contributed by atoms with Crippen molar-refractivity contribution in [3.05, 3.63) is 23.9 Å². The summed E-state index contributed by atoms with van der Waals surface area (Å²) in [5.41, 5.74) is 0.511. The minimum absolute atomic E-state index is 0.0838. The Hall–Kier alpha value is -1.79. The Kier molecular flexibility index (Phi) is 4.96. The van der Waals surface area contributed by atoms with E-state index in [1.54, 1.807) is 18.3 Å². The number of pyridine rings is 1. The monoisotopic (exact) mass is 341 g/mol. The number of rotatable bonds is 3. The van der Waals surface area contributed by atoms with Crippen molar-refractivity contribution in [3.63, 3.8) is 0 Å². The Balaban J connectivity index is 1.62. The average molecular weight is 341 g/mol. The largest absolute Gasteiger partial charge is 0.391 e. The van der Waals surface area contributed by atoms with Gasteiger partial charge in [-0.25, -0.2) is 4.98 Å². The van der Waals surface area contributed by atoms with Crippen molar-refractivity contribution < 1.29 is 18.0 Å². The van der Waals surface area contributed by atoms with Crippen molar-refractivity contribution >= 4 is 11.7 Å². The number of hydrogen-bond donors (Lipinski definition) is 1. The summed E-state index contributed by atoms with van der Waals surface area (Å²) in [5, 5.41) is 2.90. The zero-order valence-corrected chi connectivity index (χ0v) is 13.5. The van der Waals surface area contributed by atoms with Gasteiger partial charge in [0.25, 0.3) is 5.91 Å². The van der Waals surface area contributed by atoms with E-state index in [4.69, 9.17) is 0 Å². The van der Waals surface area contributed by atoms with Crippen LogP contribution in [0.4, 0.5) is 19.0 Å². The Morgan fingerprint density at radius 3 is 2.46 bits per heavy atom. The van der Waals surface area contributed by atoms with E-state index in [0.29, 0.717) is 24.2 Å². The first-order valence-corrected chi connectivity index (χ1v) is 8.52. The van der Waals surface area contributed by atoms with Gasteiger partial charge in [-0.2, -0.15) is 13.2 Å². The highest BCUT2D eigenvalue weighted by Crippen LogP contribution is 2.37. The van der Waals surface area contributed by atoms with Gasteiger partial charge < -0.3 is 10.2 Å². The summed E-state index contributed by atoms with van der Waals surface area (Å²) < 4.78 is 38.2. The molecule has 0 radical (unpaired) electrons. The first-order valence-electron chi connectivity index (χ1n) is 8.52. The number of nitrogens with one attached hydrogen (secondary N) is 1. The molecule has 1 aromatic rings. The van der Waals surface area contributed by atoms with Crippen LogP contribution in [0.15, 0.2) is 18.3 Å². The normalized spacial score (nSPS) is 24.9. The van der Waals surface area contributed by atoms with E-state index < -0.39 is 12.1 Å².